The molecule has 88 valence electrons. The normalized spacial score (nSPS) is 10.2. The van der Waals surface area contributed by atoms with Gasteiger partial charge in [-0.2, -0.15) is 0 Å². The van der Waals surface area contributed by atoms with Crippen LogP contribution in [0.1, 0.15) is 5.56 Å². The molecule has 3 nitrogen and oxygen atoms in total. The highest BCUT2D eigenvalue weighted by Gasteiger charge is 2.07. The summed E-state index contributed by atoms with van der Waals surface area (Å²) in [5.74, 6) is 1.46. The Kier molecular flexibility index (Phi) is 4.33. The highest BCUT2D eigenvalue weighted by atomic mass is 127. The van der Waals surface area contributed by atoms with Crippen molar-refractivity contribution in [3.63, 3.8) is 0 Å². The van der Waals surface area contributed by atoms with Gasteiger partial charge in [-0.15, -0.1) is 0 Å². The van der Waals surface area contributed by atoms with Crippen molar-refractivity contribution in [1.29, 1.82) is 0 Å². The van der Waals surface area contributed by atoms with Crippen LogP contribution >= 0.6 is 22.6 Å². The highest BCUT2D eigenvalue weighted by Crippen LogP contribution is 2.27. The molecule has 0 aliphatic rings. The molecule has 2 N–H and O–H groups in total. The summed E-state index contributed by atoms with van der Waals surface area (Å²) in [5.41, 5.74) is 6.60. The maximum absolute atomic E-state index is 5.82. The summed E-state index contributed by atoms with van der Waals surface area (Å²) in [6.07, 6.45) is 2.50. The molecule has 0 saturated heterocycles. The Morgan fingerprint density at radius 2 is 2.00 bits per heavy atom. The van der Waals surface area contributed by atoms with Gasteiger partial charge in [0.1, 0.15) is 5.75 Å². The van der Waals surface area contributed by atoms with Crippen molar-refractivity contribution in [2.45, 2.75) is 6.42 Å². The highest BCUT2D eigenvalue weighted by molar-refractivity contribution is 14.1. The topological polar surface area (TPSA) is 48.1 Å². The Balaban J connectivity index is 2.27. The summed E-state index contributed by atoms with van der Waals surface area (Å²) in [6.45, 7) is 0.591. The Labute approximate surface area is 114 Å². The number of pyridine rings is 1. The van der Waals surface area contributed by atoms with Gasteiger partial charge in [0.25, 0.3) is 0 Å². The predicted molar refractivity (Wildman–Crippen MR) is 76.2 cm³/mol. The molecule has 1 aromatic heterocycles. The molecule has 0 spiro atoms. The number of hydrogen-bond acceptors (Lipinski definition) is 3. The number of rotatable bonds is 4. The van der Waals surface area contributed by atoms with Gasteiger partial charge < -0.3 is 10.5 Å². The quantitative estimate of drug-likeness (QED) is 0.871. The number of nitrogens with zero attached hydrogens (tertiary/aromatic N) is 1. The third-order valence-electron chi connectivity index (χ3n) is 2.31. The van der Waals surface area contributed by atoms with Crippen LogP contribution in [-0.4, -0.2) is 11.5 Å². The first kappa shape index (κ1) is 12.3. The number of aromatic nitrogens is 1. The van der Waals surface area contributed by atoms with E-state index in [2.05, 4.69) is 27.6 Å². The summed E-state index contributed by atoms with van der Waals surface area (Å²) < 4.78 is 6.88. The Morgan fingerprint density at radius 1 is 1.18 bits per heavy atom. The molecule has 0 saturated carbocycles. The molecular formula is C13H13IN2O. The first-order valence-electron chi connectivity index (χ1n) is 5.37. The average Bonchev–Trinajstić information content (AvgIpc) is 2.35. The fraction of sp³-hybridized carbons (Fsp3) is 0.154. The lowest BCUT2D eigenvalue weighted by molar-refractivity contribution is 0.453. The van der Waals surface area contributed by atoms with Gasteiger partial charge in [0.05, 0.1) is 3.57 Å². The largest absolute Gasteiger partial charge is 0.438 e. The second-order valence-electron chi connectivity index (χ2n) is 3.54. The number of benzene rings is 1. The summed E-state index contributed by atoms with van der Waals surface area (Å²) >= 11 is 2.24. The van der Waals surface area contributed by atoms with Crippen molar-refractivity contribution in [2.75, 3.05) is 6.54 Å². The molecule has 1 heterocycles. The van der Waals surface area contributed by atoms with E-state index in [9.17, 15) is 0 Å². The van der Waals surface area contributed by atoms with Crippen molar-refractivity contribution >= 4 is 22.6 Å². The van der Waals surface area contributed by atoms with Crippen LogP contribution < -0.4 is 10.5 Å². The van der Waals surface area contributed by atoms with Gasteiger partial charge in [0.15, 0.2) is 0 Å². The van der Waals surface area contributed by atoms with Crippen LogP contribution in [0.25, 0.3) is 0 Å². The predicted octanol–water partition coefficient (Wildman–Crippen LogP) is 2.98. The Hall–Kier alpha value is -1.14. The number of hydrogen-bond donors (Lipinski definition) is 1. The van der Waals surface area contributed by atoms with E-state index in [0.29, 0.717) is 12.4 Å². The SMILES string of the molecule is NCCc1cccnc1Oc1ccccc1I. The summed E-state index contributed by atoms with van der Waals surface area (Å²) in [5, 5.41) is 0. The molecule has 17 heavy (non-hydrogen) atoms. The first-order valence-corrected chi connectivity index (χ1v) is 6.45. The van der Waals surface area contributed by atoms with Crippen LogP contribution in [0.2, 0.25) is 0 Å². The van der Waals surface area contributed by atoms with Crippen LogP contribution in [0.3, 0.4) is 0 Å². The molecular weight excluding hydrogens is 327 g/mol. The summed E-state index contributed by atoms with van der Waals surface area (Å²) in [4.78, 5) is 4.25. The van der Waals surface area contributed by atoms with Crippen molar-refractivity contribution in [3.8, 4) is 11.6 Å². The van der Waals surface area contributed by atoms with Crippen LogP contribution in [0.15, 0.2) is 42.6 Å². The minimum Gasteiger partial charge on any atom is -0.438 e. The van der Waals surface area contributed by atoms with E-state index in [1.165, 1.54) is 0 Å². The maximum Gasteiger partial charge on any atom is 0.222 e. The summed E-state index contributed by atoms with van der Waals surface area (Å²) in [7, 11) is 0. The van der Waals surface area contributed by atoms with E-state index >= 15 is 0 Å². The fourth-order valence-electron chi connectivity index (χ4n) is 1.49. The van der Waals surface area contributed by atoms with E-state index in [4.69, 9.17) is 10.5 Å². The molecule has 0 aliphatic heterocycles. The van der Waals surface area contributed by atoms with E-state index in [-0.39, 0.29) is 0 Å². The molecule has 0 bridgehead atoms. The van der Waals surface area contributed by atoms with Gasteiger partial charge >= 0.3 is 0 Å². The molecule has 0 radical (unpaired) electrons. The lowest BCUT2D eigenvalue weighted by Gasteiger charge is -2.10. The average molecular weight is 340 g/mol. The van der Waals surface area contributed by atoms with Gasteiger partial charge in [-0.05, 0) is 53.8 Å². The minimum absolute atomic E-state index is 0.591. The van der Waals surface area contributed by atoms with Crippen molar-refractivity contribution in [3.05, 3.63) is 51.7 Å². The molecule has 2 rings (SSSR count). The maximum atomic E-state index is 5.82. The van der Waals surface area contributed by atoms with Gasteiger partial charge in [0.2, 0.25) is 5.88 Å². The zero-order valence-corrected chi connectivity index (χ0v) is 11.4. The number of nitrogens with two attached hydrogens (primary N) is 1. The van der Waals surface area contributed by atoms with E-state index in [0.717, 1.165) is 21.3 Å². The molecule has 4 heteroatoms. The van der Waals surface area contributed by atoms with Crippen LogP contribution in [0.4, 0.5) is 0 Å². The lowest BCUT2D eigenvalue weighted by atomic mass is 10.2. The standard InChI is InChI=1S/C13H13IN2O/c14-11-5-1-2-6-12(11)17-13-10(7-8-15)4-3-9-16-13/h1-6,9H,7-8,15H2. The molecule has 0 amide bonds. The zero-order valence-electron chi connectivity index (χ0n) is 9.27. The lowest BCUT2D eigenvalue weighted by Crippen LogP contribution is -2.05. The molecule has 0 fully saturated rings. The Morgan fingerprint density at radius 3 is 2.76 bits per heavy atom. The monoisotopic (exact) mass is 340 g/mol. The molecule has 1 aromatic carbocycles. The molecule has 0 unspecified atom stereocenters. The molecule has 0 aliphatic carbocycles. The number of ether oxygens (including phenoxy) is 1. The van der Waals surface area contributed by atoms with Gasteiger partial charge in [-0.1, -0.05) is 18.2 Å². The van der Waals surface area contributed by atoms with Crippen molar-refractivity contribution in [2.24, 2.45) is 5.73 Å². The van der Waals surface area contributed by atoms with Crippen molar-refractivity contribution < 1.29 is 4.74 Å². The third-order valence-corrected chi connectivity index (χ3v) is 3.20. The van der Waals surface area contributed by atoms with Crippen LogP contribution in [-0.2, 0) is 6.42 Å². The second-order valence-corrected chi connectivity index (χ2v) is 4.70. The first-order chi connectivity index (χ1) is 8.31. The molecule has 2 aromatic rings. The second kappa shape index (κ2) is 5.97. The van der Waals surface area contributed by atoms with Crippen LogP contribution in [0, 0.1) is 3.57 Å². The minimum atomic E-state index is 0.591. The van der Waals surface area contributed by atoms with Gasteiger partial charge in [-0.3, -0.25) is 0 Å². The van der Waals surface area contributed by atoms with E-state index < -0.39 is 0 Å². The smallest absolute Gasteiger partial charge is 0.222 e. The fourth-order valence-corrected chi connectivity index (χ4v) is 1.99. The number of para-hydroxylation sites is 1. The number of halogens is 1. The van der Waals surface area contributed by atoms with Crippen LogP contribution in [0.5, 0.6) is 11.6 Å². The van der Waals surface area contributed by atoms with Gasteiger partial charge in [0, 0.05) is 11.8 Å². The van der Waals surface area contributed by atoms with Crippen molar-refractivity contribution in [1.82, 2.24) is 4.98 Å². The van der Waals surface area contributed by atoms with E-state index in [1.54, 1.807) is 6.20 Å². The van der Waals surface area contributed by atoms with Gasteiger partial charge in [-0.25, -0.2) is 4.98 Å². The zero-order chi connectivity index (χ0) is 12.1. The molecule has 0 atom stereocenters. The van der Waals surface area contributed by atoms with E-state index in [1.807, 2.05) is 36.4 Å². The Bertz CT molecular complexity index is 502. The summed E-state index contributed by atoms with van der Waals surface area (Å²) in [6, 6.07) is 11.7. The third kappa shape index (κ3) is 3.17.